The summed E-state index contributed by atoms with van der Waals surface area (Å²) in [6.45, 7) is 0.0512. The van der Waals surface area contributed by atoms with Crippen LogP contribution in [0.5, 0.6) is 5.75 Å². The standard InChI is InChI=1S/C26H19ClN6O5S2/c27-22-6-5-16(39-22)11-29-23-9-18(31-33(23)26(38)15-3-1-14(2-4-15)25(28)37)17-12-32(24(36)10-19(17)34)13-20(35)21-7-8-30-40-21/h1-10,12,29,34H,11,13H2,(H2,28,37). The molecule has 0 saturated carbocycles. The Morgan fingerprint density at radius 1 is 1.05 bits per heavy atom. The first-order valence-electron chi connectivity index (χ1n) is 11.6. The summed E-state index contributed by atoms with van der Waals surface area (Å²) in [6, 6.07) is 13.5. The largest absolute Gasteiger partial charge is 0.507 e. The number of nitrogens with one attached hydrogen (secondary N) is 1. The second-order valence-corrected chi connectivity index (χ2v) is 11.1. The lowest BCUT2D eigenvalue weighted by atomic mass is 10.1. The van der Waals surface area contributed by atoms with Crippen LogP contribution >= 0.6 is 34.5 Å². The van der Waals surface area contributed by atoms with Gasteiger partial charge in [0.05, 0.1) is 27.9 Å². The van der Waals surface area contributed by atoms with E-state index in [1.807, 2.05) is 6.07 Å². The van der Waals surface area contributed by atoms with Crippen molar-refractivity contribution in [3.8, 4) is 17.0 Å². The number of nitrogens with zero attached hydrogens (tertiary/aromatic N) is 4. The average Bonchev–Trinajstić information content (AvgIpc) is 3.70. The molecule has 1 aromatic carbocycles. The monoisotopic (exact) mass is 594 g/mol. The number of pyridine rings is 1. The number of hydrogen-bond acceptors (Lipinski definition) is 10. The summed E-state index contributed by atoms with van der Waals surface area (Å²) in [5, 5.41) is 18.2. The van der Waals surface area contributed by atoms with Crippen molar-refractivity contribution in [2.75, 3.05) is 5.32 Å². The number of amides is 1. The van der Waals surface area contributed by atoms with Crippen LogP contribution in [0.2, 0.25) is 4.34 Å². The third-order valence-electron chi connectivity index (χ3n) is 5.80. The molecule has 0 bridgehead atoms. The lowest BCUT2D eigenvalue weighted by Gasteiger charge is -2.08. The SMILES string of the molecule is NC(=O)c1ccc(C(=O)n2nc(-c3cn(CC(=O)c4ccns4)c(=O)cc3O)cc2NCc2ccc(Cl)s2)cc1. The van der Waals surface area contributed by atoms with Crippen LogP contribution in [-0.4, -0.2) is 41.4 Å². The molecule has 0 aliphatic rings. The Labute approximate surface area is 239 Å². The van der Waals surface area contributed by atoms with Gasteiger partial charge in [-0.25, -0.2) is 4.37 Å². The predicted molar refractivity (Wildman–Crippen MR) is 151 cm³/mol. The summed E-state index contributed by atoms with van der Waals surface area (Å²) in [4.78, 5) is 51.3. The topological polar surface area (TPSA) is 162 Å². The number of aromatic hydroxyl groups is 1. The molecule has 40 heavy (non-hydrogen) atoms. The summed E-state index contributed by atoms with van der Waals surface area (Å²) in [5.41, 5.74) is 5.49. The number of Topliss-reactive ketones (excluding diaryl/α,β-unsaturated/α-hetero) is 1. The van der Waals surface area contributed by atoms with Gasteiger partial charge in [0, 0.05) is 40.5 Å². The first-order valence-corrected chi connectivity index (χ1v) is 13.6. The van der Waals surface area contributed by atoms with E-state index in [-0.39, 0.29) is 40.5 Å². The zero-order chi connectivity index (χ0) is 28.4. The van der Waals surface area contributed by atoms with Gasteiger partial charge in [0.15, 0.2) is 5.78 Å². The van der Waals surface area contributed by atoms with Crippen LogP contribution in [0, 0.1) is 0 Å². The Morgan fingerprint density at radius 2 is 1.80 bits per heavy atom. The summed E-state index contributed by atoms with van der Waals surface area (Å²) in [6.07, 6.45) is 2.81. The van der Waals surface area contributed by atoms with E-state index in [0.717, 1.165) is 31.7 Å². The minimum atomic E-state index is -0.628. The highest BCUT2D eigenvalue weighted by Gasteiger charge is 2.21. The Hall–Kier alpha value is -4.59. The fraction of sp³-hybridized carbons (Fsp3) is 0.0769. The van der Waals surface area contributed by atoms with Gasteiger partial charge >= 0.3 is 0 Å². The van der Waals surface area contributed by atoms with E-state index < -0.39 is 17.4 Å². The molecule has 5 aromatic rings. The van der Waals surface area contributed by atoms with E-state index in [0.29, 0.717) is 21.6 Å². The summed E-state index contributed by atoms with van der Waals surface area (Å²) in [7, 11) is 0. The van der Waals surface area contributed by atoms with Crippen LogP contribution in [0.25, 0.3) is 11.3 Å². The van der Waals surface area contributed by atoms with Crippen molar-refractivity contribution >= 4 is 57.9 Å². The number of anilines is 1. The highest BCUT2D eigenvalue weighted by molar-refractivity contribution is 7.16. The molecule has 4 N–H and O–H groups in total. The number of nitrogens with two attached hydrogens (primary N) is 1. The van der Waals surface area contributed by atoms with Gasteiger partial charge in [-0.3, -0.25) is 19.2 Å². The number of halogens is 1. The van der Waals surface area contributed by atoms with Crippen LogP contribution in [0.4, 0.5) is 5.82 Å². The number of aromatic nitrogens is 4. The second-order valence-electron chi connectivity index (χ2n) is 8.47. The third kappa shape index (κ3) is 5.71. The second kappa shape index (κ2) is 11.3. The molecule has 0 saturated heterocycles. The maximum Gasteiger partial charge on any atom is 0.280 e. The number of primary amides is 1. The van der Waals surface area contributed by atoms with Gasteiger partial charge in [0.25, 0.3) is 11.5 Å². The summed E-state index contributed by atoms with van der Waals surface area (Å²) >= 11 is 8.42. The summed E-state index contributed by atoms with van der Waals surface area (Å²) in [5.74, 6) is -1.55. The van der Waals surface area contributed by atoms with E-state index in [2.05, 4.69) is 14.8 Å². The fourth-order valence-corrected chi connectivity index (χ4v) is 5.34. The molecule has 1 amide bonds. The fourth-order valence-electron chi connectivity index (χ4n) is 3.79. The molecule has 0 atom stereocenters. The van der Waals surface area contributed by atoms with Crippen molar-refractivity contribution in [2.45, 2.75) is 13.1 Å². The van der Waals surface area contributed by atoms with Crippen LogP contribution in [0.1, 0.15) is 35.3 Å². The molecule has 0 aliphatic heterocycles. The minimum Gasteiger partial charge on any atom is -0.507 e. The van der Waals surface area contributed by atoms with Gasteiger partial charge in [-0.05, 0) is 54.0 Å². The normalized spacial score (nSPS) is 10.9. The molecule has 14 heteroatoms. The predicted octanol–water partition coefficient (Wildman–Crippen LogP) is 3.87. The zero-order valence-electron chi connectivity index (χ0n) is 20.4. The van der Waals surface area contributed by atoms with Crippen molar-refractivity contribution < 1.29 is 19.5 Å². The van der Waals surface area contributed by atoms with Crippen LogP contribution in [-0.2, 0) is 13.1 Å². The molecular formula is C26H19ClN6O5S2. The molecular weight excluding hydrogens is 576 g/mol. The van der Waals surface area contributed by atoms with Gasteiger partial charge in [-0.15, -0.1) is 11.3 Å². The quantitative estimate of drug-likeness (QED) is 0.217. The van der Waals surface area contributed by atoms with Crippen molar-refractivity contribution in [2.24, 2.45) is 5.73 Å². The van der Waals surface area contributed by atoms with E-state index in [9.17, 15) is 24.3 Å². The molecule has 0 radical (unpaired) electrons. The number of hydrogen-bond donors (Lipinski definition) is 3. The molecule has 0 aliphatic carbocycles. The molecule has 0 spiro atoms. The zero-order valence-corrected chi connectivity index (χ0v) is 22.8. The highest BCUT2D eigenvalue weighted by atomic mass is 35.5. The highest BCUT2D eigenvalue weighted by Crippen LogP contribution is 2.30. The van der Waals surface area contributed by atoms with Gasteiger partial charge in [0.1, 0.15) is 17.3 Å². The number of carbonyl (C=O) groups excluding carboxylic acids is 3. The number of carbonyl (C=O) groups is 3. The maximum atomic E-state index is 13.4. The number of thiophene rings is 1. The van der Waals surface area contributed by atoms with E-state index in [4.69, 9.17) is 17.3 Å². The third-order valence-corrected chi connectivity index (χ3v) is 7.82. The smallest absolute Gasteiger partial charge is 0.280 e. The maximum absolute atomic E-state index is 13.4. The number of rotatable bonds is 9. The molecule has 202 valence electrons. The molecule has 11 nitrogen and oxygen atoms in total. The number of ketones is 1. The molecule has 0 unspecified atom stereocenters. The first kappa shape index (κ1) is 27.0. The lowest BCUT2D eigenvalue weighted by molar-refractivity contribution is 0.0944. The van der Waals surface area contributed by atoms with Crippen LogP contribution in [0.15, 0.2) is 71.8 Å². The average molecular weight is 595 g/mol. The van der Waals surface area contributed by atoms with Crippen LogP contribution < -0.4 is 16.6 Å². The Bertz CT molecular complexity index is 1790. The molecule has 0 fully saturated rings. The lowest BCUT2D eigenvalue weighted by Crippen LogP contribution is -2.23. The minimum absolute atomic E-state index is 0.134. The van der Waals surface area contributed by atoms with Gasteiger partial charge in [0.2, 0.25) is 5.91 Å². The van der Waals surface area contributed by atoms with E-state index in [1.54, 1.807) is 18.2 Å². The van der Waals surface area contributed by atoms with Crippen molar-refractivity contribution in [3.63, 3.8) is 0 Å². The Morgan fingerprint density at radius 3 is 2.45 bits per heavy atom. The van der Waals surface area contributed by atoms with Crippen LogP contribution in [0.3, 0.4) is 0 Å². The summed E-state index contributed by atoms with van der Waals surface area (Å²) < 4.78 is 6.78. The van der Waals surface area contributed by atoms with E-state index in [1.165, 1.54) is 48.0 Å². The molecule has 5 rings (SSSR count). The Balaban J connectivity index is 1.52. The van der Waals surface area contributed by atoms with Gasteiger partial charge in [-0.1, -0.05) is 11.6 Å². The molecule has 4 aromatic heterocycles. The van der Waals surface area contributed by atoms with Gasteiger partial charge in [-0.2, -0.15) is 9.78 Å². The van der Waals surface area contributed by atoms with Gasteiger partial charge < -0.3 is 20.7 Å². The number of benzene rings is 1. The van der Waals surface area contributed by atoms with Crippen molar-refractivity contribution in [3.05, 3.63) is 103 Å². The van der Waals surface area contributed by atoms with Crippen molar-refractivity contribution in [1.82, 2.24) is 18.7 Å². The first-order chi connectivity index (χ1) is 19.2. The molecule has 4 heterocycles. The van der Waals surface area contributed by atoms with Crippen molar-refractivity contribution in [1.29, 1.82) is 0 Å². The van der Waals surface area contributed by atoms with E-state index >= 15 is 0 Å². The Kier molecular flexibility index (Phi) is 7.60.